The van der Waals surface area contributed by atoms with E-state index in [9.17, 15) is 4.39 Å². The molecule has 4 heteroatoms. The third-order valence-corrected chi connectivity index (χ3v) is 2.81. The van der Waals surface area contributed by atoms with Gasteiger partial charge in [-0.3, -0.25) is 4.68 Å². The van der Waals surface area contributed by atoms with E-state index in [1.807, 2.05) is 20.0 Å². The molecule has 0 aliphatic heterocycles. The Balaban J connectivity index is 2.75. The summed E-state index contributed by atoms with van der Waals surface area (Å²) in [6.07, 6.45) is 1.85. The minimum absolute atomic E-state index is 0.244. The third kappa shape index (κ3) is 1.43. The SMILES string of the molecule is CC(C)n1cc2c(Br)ccc(F)c2n1. The first-order valence-corrected chi connectivity index (χ1v) is 5.22. The molecular weight excluding hydrogens is 247 g/mol. The molecule has 2 rings (SSSR count). The van der Waals surface area contributed by atoms with Crippen molar-refractivity contribution >= 4 is 26.8 Å². The van der Waals surface area contributed by atoms with Crippen LogP contribution in [0.4, 0.5) is 4.39 Å². The van der Waals surface area contributed by atoms with Crippen LogP contribution in [0.1, 0.15) is 19.9 Å². The number of fused-ring (bicyclic) bond motifs is 1. The molecule has 0 fully saturated rings. The predicted molar refractivity (Wildman–Crippen MR) is 57.8 cm³/mol. The molecule has 1 aromatic carbocycles. The fourth-order valence-corrected chi connectivity index (χ4v) is 1.74. The van der Waals surface area contributed by atoms with Crippen molar-refractivity contribution in [2.45, 2.75) is 19.9 Å². The van der Waals surface area contributed by atoms with Gasteiger partial charge in [0.05, 0.1) is 0 Å². The van der Waals surface area contributed by atoms with Gasteiger partial charge in [-0.1, -0.05) is 15.9 Å². The summed E-state index contributed by atoms with van der Waals surface area (Å²) in [6.45, 7) is 4.02. The molecule has 0 aliphatic carbocycles. The Morgan fingerprint density at radius 1 is 1.43 bits per heavy atom. The highest BCUT2D eigenvalue weighted by Crippen LogP contribution is 2.26. The van der Waals surface area contributed by atoms with Gasteiger partial charge in [0.2, 0.25) is 0 Å². The molecule has 0 aliphatic rings. The summed E-state index contributed by atoms with van der Waals surface area (Å²) >= 11 is 3.37. The van der Waals surface area contributed by atoms with Crippen LogP contribution >= 0.6 is 15.9 Å². The Kier molecular flexibility index (Phi) is 2.31. The molecular formula is C10H10BrFN2. The lowest BCUT2D eigenvalue weighted by atomic mass is 10.2. The van der Waals surface area contributed by atoms with Crippen molar-refractivity contribution in [2.75, 3.05) is 0 Å². The van der Waals surface area contributed by atoms with E-state index in [1.165, 1.54) is 6.07 Å². The van der Waals surface area contributed by atoms with E-state index in [0.717, 1.165) is 9.86 Å². The second-order valence-electron chi connectivity index (χ2n) is 3.49. The molecule has 14 heavy (non-hydrogen) atoms. The predicted octanol–water partition coefficient (Wildman–Crippen LogP) is 3.52. The van der Waals surface area contributed by atoms with E-state index >= 15 is 0 Å². The highest BCUT2D eigenvalue weighted by molar-refractivity contribution is 9.10. The summed E-state index contributed by atoms with van der Waals surface area (Å²) in [4.78, 5) is 0. The average molecular weight is 257 g/mol. The maximum atomic E-state index is 13.3. The average Bonchev–Trinajstić information content (AvgIpc) is 2.57. The van der Waals surface area contributed by atoms with Gasteiger partial charge in [-0.2, -0.15) is 5.10 Å². The number of nitrogens with zero attached hydrogens (tertiary/aromatic N) is 2. The Hall–Kier alpha value is -0.900. The summed E-state index contributed by atoms with van der Waals surface area (Å²) < 4.78 is 16.0. The molecule has 1 heterocycles. The van der Waals surface area contributed by atoms with Crippen molar-refractivity contribution < 1.29 is 4.39 Å². The highest BCUT2D eigenvalue weighted by atomic mass is 79.9. The lowest BCUT2D eigenvalue weighted by Crippen LogP contribution is -2.00. The summed E-state index contributed by atoms with van der Waals surface area (Å²) in [7, 11) is 0. The summed E-state index contributed by atoms with van der Waals surface area (Å²) in [5.74, 6) is -0.275. The number of hydrogen-bond donors (Lipinski definition) is 0. The van der Waals surface area contributed by atoms with E-state index in [1.54, 1.807) is 10.7 Å². The molecule has 0 saturated carbocycles. The van der Waals surface area contributed by atoms with Crippen molar-refractivity contribution in [3.05, 3.63) is 28.6 Å². The van der Waals surface area contributed by atoms with Gasteiger partial charge in [-0.05, 0) is 26.0 Å². The zero-order valence-corrected chi connectivity index (χ0v) is 9.55. The van der Waals surface area contributed by atoms with Gasteiger partial charge >= 0.3 is 0 Å². The van der Waals surface area contributed by atoms with Crippen LogP contribution in [0.5, 0.6) is 0 Å². The lowest BCUT2D eigenvalue weighted by Gasteiger charge is -2.02. The Bertz CT molecular complexity index is 437. The lowest BCUT2D eigenvalue weighted by molar-refractivity contribution is 0.533. The highest BCUT2D eigenvalue weighted by Gasteiger charge is 2.10. The maximum absolute atomic E-state index is 13.3. The van der Waals surface area contributed by atoms with Gasteiger partial charge in [0.25, 0.3) is 0 Å². The topological polar surface area (TPSA) is 17.8 Å². The molecule has 0 bridgehead atoms. The standard InChI is InChI=1S/C10H10BrFN2/c1-6(2)14-5-7-8(11)3-4-9(12)10(7)13-14/h3-6H,1-2H3. The summed E-state index contributed by atoms with van der Waals surface area (Å²) in [5.41, 5.74) is 0.424. The first-order valence-electron chi connectivity index (χ1n) is 4.42. The Labute approximate surface area is 89.8 Å². The van der Waals surface area contributed by atoms with Crippen molar-refractivity contribution in [2.24, 2.45) is 0 Å². The first-order chi connectivity index (χ1) is 6.59. The van der Waals surface area contributed by atoms with Crippen LogP contribution in [0.3, 0.4) is 0 Å². The minimum atomic E-state index is -0.275. The monoisotopic (exact) mass is 256 g/mol. The van der Waals surface area contributed by atoms with Crippen molar-refractivity contribution in [3.63, 3.8) is 0 Å². The number of halogens is 2. The summed E-state index contributed by atoms with van der Waals surface area (Å²) in [5, 5.41) is 5.00. The Morgan fingerprint density at radius 2 is 2.14 bits per heavy atom. The molecule has 0 N–H and O–H groups in total. The fourth-order valence-electron chi connectivity index (χ4n) is 1.32. The molecule has 0 spiro atoms. The second kappa shape index (κ2) is 3.35. The third-order valence-electron chi connectivity index (χ3n) is 2.12. The van der Waals surface area contributed by atoms with Crippen molar-refractivity contribution in [3.8, 4) is 0 Å². The van der Waals surface area contributed by atoms with Gasteiger partial charge in [-0.15, -0.1) is 0 Å². The van der Waals surface area contributed by atoms with Crippen LogP contribution in [-0.4, -0.2) is 9.78 Å². The Morgan fingerprint density at radius 3 is 2.71 bits per heavy atom. The summed E-state index contributed by atoms with van der Waals surface area (Å²) in [6, 6.07) is 3.36. The normalized spacial score (nSPS) is 11.5. The van der Waals surface area contributed by atoms with Crippen LogP contribution in [0, 0.1) is 5.82 Å². The van der Waals surface area contributed by atoms with Gasteiger partial charge in [0, 0.05) is 22.1 Å². The quantitative estimate of drug-likeness (QED) is 0.764. The van der Waals surface area contributed by atoms with Crippen LogP contribution in [0.2, 0.25) is 0 Å². The fraction of sp³-hybridized carbons (Fsp3) is 0.300. The van der Waals surface area contributed by atoms with Crippen molar-refractivity contribution in [1.82, 2.24) is 9.78 Å². The van der Waals surface area contributed by atoms with E-state index in [-0.39, 0.29) is 11.9 Å². The van der Waals surface area contributed by atoms with Crippen LogP contribution in [0.25, 0.3) is 10.9 Å². The zero-order chi connectivity index (χ0) is 10.3. The number of aromatic nitrogens is 2. The van der Waals surface area contributed by atoms with Crippen LogP contribution < -0.4 is 0 Å². The van der Waals surface area contributed by atoms with E-state index in [2.05, 4.69) is 21.0 Å². The van der Waals surface area contributed by atoms with E-state index in [0.29, 0.717) is 5.52 Å². The van der Waals surface area contributed by atoms with Gasteiger partial charge in [0.15, 0.2) is 5.82 Å². The van der Waals surface area contributed by atoms with Crippen molar-refractivity contribution in [1.29, 1.82) is 0 Å². The molecule has 0 saturated heterocycles. The smallest absolute Gasteiger partial charge is 0.151 e. The number of hydrogen-bond acceptors (Lipinski definition) is 1. The second-order valence-corrected chi connectivity index (χ2v) is 4.35. The zero-order valence-electron chi connectivity index (χ0n) is 7.96. The largest absolute Gasteiger partial charge is 0.269 e. The molecule has 1 aromatic heterocycles. The van der Waals surface area contributed by atoms with Crippen LogP contribution in [0.15, 0.2) is 22.8 Å². The molecule has 0 radical (unpaired) electrons. The van der Waals surface area contributed by atoms with Gasteiger partial charge in [-0.25, -0.2) is 4.39 Å². The van der Waals surface area contributed by atoms with Crippen LogP contribution in [-0.2, 0) is 0 Å². The first kappa shape index (κ1) is 9.65. The molecule has 0 atom stereocenters. The molecule has 74 valence electrons. The number of benzene rings is 1. The molecule has 0 amide bonds. The minimum Gasteiger partial charge on any atom is -0.269 e. The molecule has 0 unspecified atom stereocenters. The maximum Gasteiger partial charge on any atom is 0.151 e. The van der Waals surface area contributed by atoms with Gasteiger partial charge < -0.3 is 0 Å². The van der Waals surface area contributed by atoms with Gasteiger partial charge in [0.1, 0.15) is 5.52 Å². The number of rotatable bonds is 1. The molecule has 2 nitrogen and oxygen atoms in total. The van der Waals surface area contributed by atoms with E-state index in [4.69, 9.17) is 0 Å². The van der Waals surface area contributed by atoms with E-state index < -0.39 is 0 Å². The molecule has 2 aromatic rings.